The molecular weight excluding hydrogens is 420 g/mol. The van der Waals surface area contributed by atoms with Gasteiger partial charge in [0.15, 0.2) is 0 Å². The van der Waals surface area contributed by atoms with Gasteiger partial charge in [-0.2, -0.15) is 0 Å². The summed E-state index contributed by atoms with van der Waals surface area (Å²) in [6, 6.07) is 19.3. The van der Waals surface area contributed by atoms with Crippen molar-refractivity contribution in [3.05, 3.63) is 88.5 Å². The van der Waals surface area contributed by atoms with Gasteiger partial charge in [0.25, 0.3) is 0 Å². The maximum absolute atomic E-state index is 10.5. The molecule has 0 amide bonds. The van der Waals surface area contributed by atoms with E-state index >= 15 is 0 Å². The van der Waals surface area contributed by atoms with Crippen molar-refractivity contribution in [2.24, 2.45) is 0 Å². The van der Waals surface area contributed by atoms with E-state index in [2.05, 4.69) is 18.2 Å². The van der Waals surface area contributed by atoms with E-state index in [0.29, 0.717) is 23.3 Å². The second-order valence-electron chi connectivity index (χ2n) is 10.3. The summed E-state index contributed by atoms with van der Waals surface area (Å²) in [4.78, 5) is 0. The van der Waals surface area contributed by atoms with Crippen LogP contribution in [0, 0.1) is 0 Å². The van der Waals surface area contributed by atoms with Crippen LogP contribution in [-0.2, 0) is 0 Å². The fourth-order valence-electron chi connectivity index (χ4n) is 6.42. The smallest absolute Gasteiger partial charge is 0.115 e. The van der Waals surface area contributed by atoms with Crippen LogP contribution in [-0.4, -0.2) is 15.3 Å². The molecule has 0 aliphatic heterocycles. The number of rotatable bonds is 5. The summed E-state index contributed by atoms with van der Waals surface area (Å²) in [5.74, 6) is 1.70. The first kappa shape index (κ1) is 22.8. The average Bonchev–Trinajstić information content (AvgIpc) is 2.87. The van der Waals surface area contributed by atoms with Crippen LogP contribution in [0.15, 0.2) is 60.7 Å². The molecule has 0 aromatic heterocycles. The Morgan fingerprint density at radius 2 is 1.00 bits per heavy atom. The molecular formula is C31H36O3. The molecule has 0 atom stereocenters. The summed E-state index contributed by atoms with van der Waals surface area (Å²) in [6.45, 7) is 0. The maximum atomic E-state index is 10.5. The third-order valence-corrected chi connectivity index (χ3v) is 8.06. The molecule has 3 N–H and O–H groups in total. The topological polar surface area (TPSA) is 60.7 Å². The van der Waals surface area contributed by atoms with Gasteiger partial charge in [-0.1, -0.05) is 62.8 Å². The van der Waals surface area contributed by atoms with E-state index in [0.717, 1.165) is 31.2 Å². The second kappa shape index (κ2) is 10.1. The van der Waals surface area contributed by atoms with Crippen molar-refractivity contribution in [2.45, 2.75) is 82.0 Å². The van der Waals surface area contributed by atoms with Crippen LogP contribution < -0.4 is 0 Å². The van der Waals surface area contributed by atoms with Gasteiger partial charge in [-0.15, -0.1) is 0 Å². The van der Waals surface area contributed by atoms with Gasteiger partial charge in [0, 0.05) is 5.92 Å². The van der Waals surface area contributed by atoms with E-state index in [9.17, 15) is 15.3 Å². The highest BCUT2D eigenvalue weighted by atomic mass is 16.3. The number of benzene rings is 3. The molecule has 3 heteroatoms. The molecule has 3 aromatic carbocycles. The zero-order chi connectivity index (χ0) is 23.5. The SMILES string of the molecule is Oc1cccc(C(c2ccc(O)cc2C2CCCCC2)c2ccc(O)cc2C2CCCCC2)c1. The number of phenols is 3. The molecule has 0 heterocycles. The average molecular weight is 457 g/mol. The fourth-order valence-corrected chi connectivity index (χ4v) is 6.42. The molecule has 2 aliphatic carbocycles. The minimum Gasteiger partial charge on any atom is -0.508 e. The van der Waals surface area contributed by atoms with Crippen LogP contribution in [0.25, 0.3) is 0 Å². The quantitative estimate of drug-likeness (QED) is 0.340. The van der Waals surface area contributed by atoms with Crippen LogP contribution in [0.2, 0.25) is 0 Å². The van der Waals surface area contributed by atoms with E-state index in [1.165, 1.54) is 60.8 Å². The van der Waals surface area contributed by atoms with Gasteiger partial charge in [0.1, 0.15) is 17.2 Å². The lowest BCUT2D eigenvalue weighted by Gasteiger charge is -2.32. The van der Waals surface area contributed by atoms with Crippen LogP contribution >= 0.6 is 0 Å². The summed E-state index contributed by atoms with van der Waals surface area (Å²) >= 11 is 0. The van der Waals surface area contributed by atoms with Gasteiger partial charge in [-0.05, 0) is 102 Å². The standard InChI is InChI=1S/C31H36O3/c32-24-13-7-12-23(18-24)31(27-16-14-25(33)19-29(27)21-8-3-1-4-9-21)28-17-15-26(34)20-30(28)22-10-5-2-6-11-22/h7,12-22,31-34H,1-6,8-11H2. The van der Waals surface area contributed by atoms with Crippen molar-refractivity contribution in [1.29, 1.82) is 0 Å². The predicted molar refractivity (Wildman–Crippen MR) is 137 cm³/mol. The van der Waals surface area contributed by atoms with Gasteiger partial charge in [-0.3, -0.25) is 0 Å². The number of aromatic hydroxyl groups is 3. The summed E-state index contributed by atoms with van der Waals surface area (Å²) < 4.78 is 0. The lowest BCUT2D eigenvalue weighted by atomic mass is 9.73. The Bertz CT molecular complexity index is 1060. The van der Waals surface area contributed by atoms with Crippen molar-refractivity contribution in [2.75, 3.05) is 0 Å². The predicted octanol–water partition coefficient (Wildman–Crippen LogP) is 8.08. The second-order valence-corrected chi connectivity index (χ2v) is 10.3. The van der Waals surface area contributed by atoms with Gasteiger partial charge in [0.05, 0.1) is 0 Å². The summed E-state index contributed by atoms with van der Waals surface area (Å²) in [7, 11) is 0. The highest BCUT2D eigenvalue weighted by molar-refractivity contribution is 5.54. The monoisotopic (exact) mass is 456 g/mol. The van der Waals surface area contributed by atoms with E-state index in [1.54, 1.807) is 18.2 Å². The molecule has 178 valence electrons. The van der Waals surface area contributed by atoms with Gasteiger partial charge >= 0.3 is 0 Å². The Labute approximate surface area is 203 Å². The molecule has 0 spiro atoms. The Balaban J connectivity index is 1.71. The molecule has 34 heavy (non-hydrogen) atoms. The molecule has 0 unspecified atom stereocenters. The lowest BCUT2D eigenvalue weighted by Crippen LogP contribution is -2.15. The maximum Gasteiger partial charge on any atom is 0.115 e. The fraction of sp³-hybridized carbons (Fsp3) is 0.419. The van der Waals surface area contributed by atoms with E-state index in [1.807, 2.05) is 24.3 Å². The first-order valence-corrected chi connectivity index (χ1v) is 13.0. The minimum atomic E-state index is -0.0675. The van der Waals surface area contributed by atoms with E-state index in [4.69, 9.17) is 0 Å². The molecule has 3 nitrogen and oxygen atoms in total. The van der Waals surface area contributed by atoms with E-state index < -0.39 is 0 Å². The Morgan fingerprint density at radius 1 is 0.529 bits per heavy atom. The molecule has 2 fully saturated rings. The molecule has 5 rings (SSSR count). The van der Waals surface area contributed by atoms with Crippen molar-refractivity contribution < 1.29 is 15.3 Å². The third-order valence-electron chi connectivity index (χ3n) is 8.06. The molecule has 0 bridgehead atoms. The van der Waals surface area contributed by atoms with Crippen molar-refractivity contribution >= 4 is 0 Å². The number of hydrogen-bond acceptors (Lipinski definition) is 3. The van der Waals surface area contributed by atoms with Gasteiger partial charge in [-0.25, -0.2) is 0 Å². The van der Waals surface area contributed by atoms with Gasteiger partial charge in [0.2, 0.25) is 0 Å². The lowest BCUT2D eigenvalue weighted by molar-refractivity contribution is 0.432. The zero-order valence-electron chi connectivity index (χ0n) is 19.9. The zero-order valence-corrected chi connectivity index (χ0v) is 19.9. The normalized spacial score (nSPS) is 17.8. The summed E-state index contributed by atoms with van der Waals surface area (Å²) in [6.07, 6.45) is 12.1. The Hall–Kier alpha value is -2.94. The van der Waals surface area contributed by atoms with Crippen LogP contribution in [0.1, 0.15) is 110 Å². The molecule has 0 saturated heterocycles. The highest BCUT2D eigenvalue weighted by Gasteiger charge is 2.29. The van der Waals surface area contributed by atoms with Crippen LogP contribution in [0.5, 0.6) is 17.2 Å². The third kappa shape index (κ3) is 4.80. The molecule has 2 saturated carbocycles. The molecule has 2 aliphatic rings. The summed E-state index contributed by atoms with van der Waals surface area (Å²) in [5, 5.41) is 31.3. The van der Waals surface area contributed by atoms with Crippen molar-refractivity contribution in [1.82, 2.24) is 0 Å². The summed E-state index contributed by atoms with van der Waals surface area (Å²) in [5.41, 5.74) is 5.92. The van der Waals surface area contributed by atoms with Crippen molar-refractivity contribution in [3.63, 3.8) is 0 Å². The largest absolute Gasteiger partial charge is 0.508 e. The Morgan fingerprint density at radius 3 is 1.47 bits per heavy atom. The van der Waals surface area contributed by atoms with Gasteiger partial charge < -0.3 is 15.3 Å². The number of phenolic OH excluding ortho intramolecular Hbond substituents is 3. The molecule has 0 radical (unpaired) electrons. The van der Waals surface area contributed by atoms with Crippen LogP contribution in [0.3, 0.4) is 0 Å². The Kier molecular flexibility index (Phi) is 6.80. The van der Waals surface area contributed by atoms with Crippen LogP contribution in [0.4, 0.5) is 0 Å². The number of hydrogen-bond donors (Lipinski definition) is 3. The molecule has 3 aromatic rings. The minimum absolute atomic E-state index is 0.0675. The first-order valence-electron chi connectivity index (χ1n) is 13.0. The highest BCUT2D eigenvalue weighted by Crippen LogP contribution is 2.46. The first-order chi connectivity index (χ1) is 16.6. The van der Waals surface area contributed by atoms with E-state index in [-0.39, 0.29) is 11.7 Å². The van der Waals surface area contributed by atoms with Crippen molar-refractivity contribution in [3.8, 4) is 17.2 Å².